The van der Waals surface area contributed by atoms with E-state index in [1.807, 2.05) is 6.07 Å². The fraction of sp³-hybridized carbons (Fsp3) is 0.478. The number of nitrogens with one attached hydrogen (secondary N) is 1. The summed E-state index contributed by atoms with van der Waals surface area (Å²) in [6.45, 7) is 3.51. The number of rotatable bonds is 6. The summed E-state index contributed by atoms with van der Waals surface area (Å²) in [6.07, 6.45) is 11.6. The van der Waals surface area contributed by atoms with Gasteiger partial charge in [-0.1, -0.05) is 29.6 Å². The van der Waals surface area contributed by atoms with Crippen molar-refractivity contribution in [1.82, 2.24) is 29.6 Å². The number of nitrogens with zero attached hydrogens (tertiary/aromatic N) is 6. The maximum atomic E-state index is 12.7. The van der Waals surface area contributed by atoms with E-state index in [0.717, 1.165) is 38.0 Å². The van der Waals surface area contributed by atoms with Crippen molar-refractivity contribution in [3.63, 3.8) is 0 Å². The second-order valence-corrected chi connectivity index (χ2v) is 11.0. The van der Waals surface area contributed by atoms with Crippen LogP contribution in [0.1, 0.15) is 39.0 Å². The Labute approximate surface area is 199 Å². The van der Waals surface area contributed by atoms with Crippen molar-refractivity contribution < 1.29 is 0 Å². The summed E-state index contributed by atoms with van der Waals surface area (Å²) in [5.74, 6) is 0. The average molecular weight is 482 g/mol. The van der Waals surface area contributed by atoms with E-state index in [1.165, 1.54) is 50.0 Å². The van der Waals surface area contributed by atoms with Crippen molar-refractivity contribution in [3.05, 3.63) is 41.1 Å². The van der Waals surface area contributed by atoms with Gasteiger partial charge in [-0.05, 0) is 50.3 Å². The molecule has 6 heterocycles. The third-order valence-electron chi connectivity index (χ3n) is 7.10. The first-order valence-corrected chi connectivity index (χ1v) is 13.2. The van der Waals surface area contributed by atoms with Gasteiger partial charge in [0, 0.05) is 49.2 Å². The quantitative estimate of drug-likeness (QED) is 0.446. The Morgan fingerprint density at radius 1 is 1.15 bits per heavy atom. The second kappa shape index (κ2) is 8.34. The van der Waals surface area contributed by atoms with Crippen LogP contribution in [0.15, 0.2) is 35.5 Å². The van der Waals surface area contributed by atoms with E-state index in [-0.39, 0.29) is 5.56 Å². The average Bonchev–Trinajstić information content (AvgIpc) is 3.57. The van der Waals surface area contributed by atoms with Crippen LogP contribution in [0.4, 0.5) is 5.13 Å². The largest absolute Gasteiger partial charge is 0.348 e. The van der Waals surface area contributed by atoms with Crippen LogP contribution < -0.4 is 10.5 Å². The first-order valence-electron chi connectivity index (χ1n) is 11.6. The van der Waals surface area contributed by atoms with Gasteiger partial charge in [-0.3, -0.25) is 19.4 Å². The molecule has 172 valence electrons. The van der Waals surface area contributed by atoms with E-state index < -0.39 is 0 Å². The minimum Gasteiger partial charge on any atom is -0.348 e. The predicted molar refractivity (Wildman–Crippen MR) is 134 cm³/mol. The molecule has 3 atom stereocenters. The second-order valence-electron chi connectivity index (χ2n) is 9.07. The Hall–Kier alpha value is -2.56. The Balaban J connectivity index is 1.22. The maximum absolute atomic E-state index is 12.7. The van der Waals surface area contributed by atoms with Crippen LogP contribution in [0.25, 0.3) is 25.9 Å². The molecule has 0 spiro atoms. The molecule has 0 saturated carbocycles. The summed E-state index contributed by atoms with van der Waals surface area (Å²) < 4.78 is 1.59. The molecular formula is C23H27N7OS2. The van der Waals surface area contributed by atoms with E-state index in [0.29, 0.717) is 11.2 Å². The van der Waals surface area contributed by atoms with Crippen molar-refractivity contribution in [3.8, 4) is 16.3 Å². The van der Waals surface area contributed by atoms with E-state index in [4.69, 9.17) is 9.97 Å². The number of anilines is 1. The van der Waals surface area contributed by atoms with Gasteiger partial charge in [-0.15, -0.1) is 0 Å². The zero-order chi connectivity index (χ0) is 22.5. The van der Waals surface area contributed by atoms with Crippen LogP contribution in [-0.4, -0.2) is 61.4 Å². The molecule has 6 rings (SSSR count). The van der Waals surface area contributed by atoms with Gasteiger partial charge < -0.3 is 4.90 Å². The molecule has 33 heavy (non-hydrogen) atoms. The monoisotopic (exact) mass is 481 g/mol. The lowest BCUT2D eigenvalue weighted by Gasteiger charge is -2.42. The van der Waals surface area contributed by atoms with Crippen molar-refractivity contribution >= 4 is 37.5 Å². The van der Waals surface area contributed by atoms with Gasteiger partial charge in [0.15, 0.2) is 19.9 Å². The summed E-state index contributed by atoms with van der Waals surface area (Å²) in [6, 6.07) is 5.51. The highest BCUT2D eigenvalue weighted by Gasteiger charge is 2.41. The van der Waals surface area contributed by atoms with Crippen molar-refractivity contribution in [2.45, 2.75) is 57.2 Å². The number of thiazole rings is 2. The molecule has 0 aliphatic carbocycles. The standard InChI is InChI=1S/C23H27N7OS2/c1-3-7-29-16-4-5-17(29)11-18(10-16)28(2)22-26-20-21(32-22)27-23(33-20)30-8-6-14(9-19(30)31)15-12-24-25-13-15/h6,8-9,12-13,16-18H,3-5,7,10-11H2,1-2H3,(H,24,25)/t16-,17+,18-. The van der Waals surface area contributed by atoms with E-state index in [1.54, 1.807) is 40.6 Å². The number of aromatic amines is 1. The first-order chi connectivity index (χ1) is 16.1. The molecule has 2 aliphatic heterocycles. The minimum absolute atomic E-state index is 0.109. The smallest absolute Gasteiger partial charge is 0.257 e. The zero-order valence-corrected chi connectivity index (χ0v) is 20.4. The lowest BCUT2D eigenvalue weighted by Crippen LogP contribution is -2.49. The van der Waals surface area contributed by atoms with Crippen LogP contribution in [0.3, 0.4) is 0 Å². The summed E-state index contributed by atoms with van der Waals surface area (Å²) in [5.41, 5.74) is 1.62. The normalized spacial score (nSPS) is 22.9. The fourth-order valence-electron chi connectivity index (χ4n) is 5.44. The molecule has 0 radical (unpaired) electrons. The third-order valence-corrected chi connectivity index (χ3v) is 9.22. The molecule has 4 aromatic rings. The molecule has 8 nitrogen and oxygen atoms in total. The molecule has 1 N–H and O–H groups in total. The number of H-pyrrole nitrogens is 1. The first kappa shape index (κ1) is 21.0. The molecule has 2 bridgehead atoms. The number of piperidine rings is 1. The SMILES string of the molecule is CCCN1[C@@H]2CC[C@H]1C[C@H](N(C)c1nc3sc(-n4ccc(-c5cn[nH]c5)cc4=O)nc3s1)C2. The Kier molecular flexibility index (Phi) is 5.31. The molecule has 2 saturated heterocycles. The Morgan fingerprint density at radius 2 is 1.94 bits per heavy atom. The molecule has 2 aliphatic rings. The Bertz CT molecular complexity index is 1280. The van der Waals surface area contributed by atoms with Crippen LogP contribution in [0, 0.1) is 0 Å². The number of hydrogen-bond acceptors (Lipinski definition) is 8. The van der Waals surface area contributed by atoms with E-state index in [9.17, 15) is 4.79 Å². The number of pyridine rings is 1. The highest BCUT2D eigenvalue weighted by molar-refractivity contribution is 7.29. The van der Waals surface area contributed by atoms with E-state index in [2.05, 4.69) is 34.0 Å². The highest BCUT2D eigenvalue weighted by atomic mass is 32.1. The molecule has 0 unspecified atom stereocenters. The predicted octanol–water partition coefficient (Wildman–Crippen LogP) is 4.14. The summed E-state index contributed by atoms with van der Waals surface area (Å²) in [7, 11) is 2.18. The van der Waals surface area contributed by atoms with Gasteiger partial charge >= 0.3 is 0 Å². The fourth-order valence-corrected chi connectivity index (χ4v) is 7.50. The minimum atomic E-state index is -0.109. The highest BCUT2D eigenvalue weighted by Crippen LogP contribution is 2.40. The van der Waals surface area contributed by atoms with Crippen LogP contribution in [0.2, 0.25) is 0 Å². The molecular weight excluding hydrogens is 454 g/mol. The van der Waals surface area contributed by atoms with E-state index >= 15 is 0 Å². The van der Waals surface area contributed by atoms with Gasteiger partial charge in [0.1, 0.15) is 0 Å². The molecule has 10 heteroatoms. The lowest BCUT2D eigenvalue weighted by molar-refractivity contribution is 0.126. The van der Waals surface area contributed by atoms with Gasteiger partial charge in [0.25, 0.3) is 5.56 Å². The van der Waals surface area contributed by atoms with Crippen LogP contribution in [-0.2, 0) is 0 Å². The maximum Gasteiger partial charge on any atom is 0.257 e. The van der Waals surface area contributed by atoms with Gasteiger partial charge in [0.2, 0.25) is 0 Å². The topological polar surface area (TPSA) is 82.9 Å². The van der Waals surface area contributed by atoms with Gasteiger partial charge in [-0.2, -0.15) is 5.10 Å². The van der Waals surface area contributed by atoms with Crippen LogP contribution >= 0.6 is 22.7 Å². The number of hydrogen-bond donors (Lipinski definition) is 1. The lowest BCUT2D eigenvalue weighted by atomic mass is 9.96. The van der Waals surface area contributed by atoms with Crippen molar-refractivity contribution in [2.24, 2.45) is 0 Å². The number of fused-ring (bicyclic) bond motifs is 3. The summed E-state index contributed by atoms with van der Waals surface area (Å²) in [4.78, 5) is 29.3. The molecule has 0 amide bonds. The number of aromatic nitrogens is 5. The van der Waals surface area contributed by atoms with Gasteiger partial charge in [0.05, 0.1) is 6.20 Å². The zero-order valence-electron chi connectivity index (χ0n) is 18.8. The molecule has 0 aromatic carbocycles. The van der Waals surface area contributed by atoms with Crippen molar-refractivity contribution in [1.29, 1.82) is 0 Å². The molecule has 4 aromatic heterocycles. The van der Waals surface area contributed by atoms with Gasteiger partial charge in [-0.25, -0.2) is 9.97 Å². The molecule has 2 fully saturated rings. The summed E-state index contributed by atoms with van der Waals surface area (Å²) >= 11 is 3.10. The van der Waals surface area contributed by atoms with Crippen LogP contribution in [0.5, 0.6) is 0 Å². The summed E-state index contributed by atoms with van der Waals surface area (Å²) in [5, 5.41) is 8.43. The Morgan fingerprint density at radius 3 is 2.61 bits per heavy atom. The third kappa shape index (κ3) is 3.70. The van der Waals surface area contributed by atoms with Crippen molar-refractivity contribution in [2.75, 3.05) is 18.5 Å².